The number of ether oxygens (including phenoxy) is 2. The normalized spacial score (nSPS) is 22.6. The maximum absolute atomic E-state index is 5.40. The van der Waals surface area contributed by atoms with Gasteiger partial charge in [0, 0.05) is 58.4 Å². The number of halogens is 1. The summed E-state index contributed by atoms with van der Waals surface area (Å²) in [5.74, 6) is 3.41. The van der Waals surface area contributed by atoms with Gasteiger partial charge >= 0.3 is 0 Å². The number of hydrogen-bond donors (Lipinski definition) is 2. The second-order valence-electron chi connectivity index (χ2n) is 8.63. The Morgan fingerprint density at radius 2 is 1.81 bits per heavy atom. The maximum Gasteiger partial charge on any atom is 0.191 e. The second-order valence-corrected chi connectivity index (χ2v) is 8.63. The van der Waals surface area contributed by atoms with Crippen LogP contribution in [0, 0.1) is 5.92 Å². The zero-order valence-electron chi connectivity index (χ0n) is 19.5. The molecule has 176 valence electrons. The van der Waals surface area contributed by atoms with Gasteiger partial charge in [-0.05, 0) is 49.4 Å². The van der Waals surface area contributed by atoms with Gasteiger partial charge in [0.05, 0.1) is 14.2 Å². The van der Waals surface area contributed by atoms with Crippen molar-refractivity contribution in [2.24, 2.45) is 10.9 Å². The molecule has 0 bridgehead atoms. The average molecular weight is 546 g/mol. The lowest BCUT2D eigenvalue weighted by molar-refractivity contribution is 0.187. The predicted molar refractivity (Wildman–Crippen MR) is 138 cm³/mol. The molecule has 2 unspecified atom stereocenters. The van der Waals surface area contributed by atoms with E-state index in [0.717, 1.165) is 62.5 Å². The largest absolute Gasteiger partial charge is 0.497 e. The summed E-state index contributed by atoms with van der Waals surface area (Å²) in [6, 6.07) is 6.51. The van der Waals surface area contributed by atoms with Gasteiger partial charge in [0.25, 0.3) is 0 Å². The van der Waals surface area contributed by atoms with Crippen molar-refractivity contribution in [3.8, 4) is 11.5 Å². The van der Waals surface area contributed by atoms with Crippen molar-refractivity contribution in [1.29, 1.82) is 0 Å². The van der Waals surface area contributed by atoms with Crippen molar-refractivity contribution in [3.63, 3.8) is 0 Å². The highest BCUT2D eigenvalue weighted by Gasteiger charge is 2.23. The lowest BCUT2D eigenvalue weighted by Gasteiger charge is -2.31. The third-order valence-corrected chi connectivity index (χ3v) is 6.12. The number of piperidine rings is 1. The Labute approximate surface area is 205 Å². The Bertz CT molecular complexity index is 680. The van der Waals surface area contributed by atoms with E-state index in [1.807, 2.05) is 13.1 Å². The molecule has 0 aliphatic carbocycles. The van der Waals surface area contributed by atoms with Crippen LogP contribution in [0.3, 0.4) is 0 Å². The highest BCUT2D eigenvalue weighted by Crippen LogP contribution is 2.24. The number of guanidine groups is 1. The van der Waals surface area contributed by atoms with E-state index < -0.39 is 0 Å². The Morgan fingerprint density at radius 3 is 2.45 bits per heavy atom. The molecular formula is C23H40IN5O2. The maximum atomic E-state index is 5.40. The molecule has 2 aliphatic heterocycles. The lowest BCUT2D eigenvalue weighted by Crippen LogP contribution is -2.47. The summed E-state index contributed by atoms with van der Waals surface area (Å²) in [5, 5.41) is 7.10. The molecule has 2 aliphatic rings. The molecule has 0 amide bonds. The second kappa shape index (κ2) is 13.3. The minimum absolute atomic E-state index is 0. The van der Waals surface area contributed by atoms with E-state index in [4.69, 9.17) is 9.47 Å². The van der Waals surface area contributed by atoms with Crippen LogP contribution in [-0.2, 0) is 6.54 Å². The number of benzene rings is 1. The van der Waals surface area contributed by atoms with Crippen LogP contribution in [-0.4, -0.2) is 82.3 Å². The number of methoxy groups -OCH3 is 2. The van der Waals surface area contributed by atoms with Crippen LogP contribution in [0.1, 0.15) is 31.7 Å². The van der Waals surface area contributed by atoms with Gasteiger partial charge in [0.2, 0.25) is 0 Å². The zero-order chi connectivity index (χ0) is 21.3. The lowest BCUT2D eigenvalue weighted by atomic mass is 10.0. The predicted octanol–water partition coefficient (Wildman–Crippen LogP) is 2.79. The fourth-order valence-electron chi connectivity index (χ4n) is 4.52. The van der Waals surface area contributed by atoms with Gasteiger partial charge in [-0.2, -0.15) is 0 Å². The summed E-state index contributed by atoms with van der Waals surface area (Å²) < 4.78 is 10.8. The number of aliphatic imine (C=N–C) groups is 1. The van der Waals surface area contributed by atoms with Crippen LogP contribution in [0.5, 0.6) is 11.5 Å². The third kappa shape index (κ3) is 8.31. The fraction of sp³-hybridized carbons (Fsp3) is 0.696. The van der Waals surface area contributed by atoms with Crippen LogP contribution < -0.4 is 20.1 Å². The summed E-state index contributed by atoms with van der Waals surface area (Å²) in [4.78, 5) is 9.46. The van der Waals surface area contributed by atoms with E-state index in [0.29, 0.717) is 6.04 Å². The van der Waals surface area contributed by atoms with Gasteiger partial charge in [-0.15, -0.1) is 24.0 Å². The van der Waals surface area contributed by atoms with Crippen molar-refractivity contribution < 1.29 is 9.47 Å². The van der Waals surface area contributed by atoms with E-state index in [-0.39, 0.29) is 24.0 Å². The minimum Gasteiger partial charge on any atom is -0.497 e. The van der Waals surface area contributed by atoms with Crippen molar-refractivity contribution in [3.05, 3.63) is 23.8 Å². The number of nitrogens with zero attached hydrogens (tertiary/aromatic N) is 3. The molecule has 0 saturated carbocycles. The summed E-state index contributed by atoms with van der Waals surface area (Å²) in [7, 11) is 5.24. The van der Waals surface area contributed by atoms with Crippen molar-refractivity contribution in [2.45, 2.75) is 38.8 Å². The van der Waals surface area contributed by atoms with Gasteiger partial charge in [-0.1, -0.05) is 6.92 Å². The Morgan fingerprint density at radius 1 is 1.06 bits per heavy atom. The number of likely N-dealkylation sites (tertiary alicyclic amines) is 2. The molecule has 0 radical (unpaired) electrons. The molecular weight excluding hydrogens is 505 g/mol. The molecule has 2 N–H and O–H groups in total. The van der Waals surface area contributed by atoms with Crippen LogP contribution in [0.2, 0.25) is 0 Å². The highest BCUT2D eigenvalue weighted by atomic mass is 127. The van der Waals surface area contributed by atoms with E-state index in [1.54, 1.807) is 14.2 Å². The van der Waals surface area contributed by atoms with E-state index in [9.17, 15) is 0 Å². The Hall–Kier alpha value is -1.26. The first-order valence-corrected chi connectivity index (χ1v) is 11.2. The molecule has 3 rings (SSSR count). The summed E-state index contributed by atoms with van der Waals surface area (Å²) >= 11 is 0. The van der Waals surface area contributed by atoms with Gasteiger partial charge in [-0.3, -0.25) is 9.89 Å². The first-order chi connectivity index (χ1) is 14.6. The van der Waals surface area contributed by atoms with Gasteiger partial charge < -0.3 is 25.0 Å². The third-order valence-electron chi connectivity index (χ3n) is 6.12. The quantitative estimate of drug-likeness (QED) is 0.298. The Balaban J connectivity index is 0.00000341. The average Bonchev–Trinajstić information content (AvgIpc) is 3.19. The van der Waals surface area contributed by atoms with E-state index in [2.05, 4.69) is 44.5 Å². The number of rotatable bonds is 8. The van der Waals surface area contributed by atoms with Gasteiger partial charge in [-0.25, -0.2) is 0 Å². The SMILES string of the molecule is CN=C(NCCN1CCCC(C)C1)NC1CCN(Cc2cc(OC)cc(OC)c2)C1.I. The van der Waals surface area contributed by atoms with Crippen molar-refractivity contribution in [2.75, 3.05) is 60.5 Å². The topological polar surface area (TPSA) is 61.4 Å². The van der Waals surface area contributed by atoms with Crippen LogP contribution in [0.15, 0.2) is 23.2 Å². The molecule has 2 saturated heterocycles. The molecule has 2 heterocycles. The van der Waals surface area contributed by atoms with Crippen LogP contribution in [0.25, 0.3) is 0 Å². The van der Waals surface area contributed by atoms with Crippen molar-refractivity contribution >= 4 is 29.9 Å². The first-order valence-electron chi connectivity index (χ1n) is 11.2. The number of nitrogens with one attached hydrogen (secondary N) is 2. The molecule has 2 fully saturated rings. The monoisotopic (exact) mass is 545 g/mol. The fourth-order valence-corrected chi connectivity index (χ4v) is 4.52. The molecule has 0 aromatic heterocycles. The standard InChI is InChI=1S/C23H39N5O2.HI/c1-18-6-5-9-27(15-18)11-8-25-23(24-2)26-20-7-10-28(17-20)16-19-12-21(29-3)14-22(13-19)30-4;/h12-14,18,20H,5-11,15-17H2,1-4H3,(H2,24,25,26);1H. The van der Waals surface area contributed by atoms with E-state index in [1.165, 1.54) is 31.5 Å². The first kappa shape index (κ1) is 26.0. The molecule has 1 aromatic rings. The van der Waals surface area contributed by atoms with Gasteiger partial charge in [0.1, 0.15) is 11.5 Å². The van der Waals surface area contributed by atoms with Crippen LogP contribution in [0.4, 0.5) is 0 Å². The molecule has 7 nitrogen and oxygen atoms in total. The molecule has 1 aromatic carbocycles. The van der Waals surface area contributed by atoms with Crippen LogP contribution >= 0.6 is 24.0 Å². The van der Waals surface area contributed by atoms with Gasteiger partial charge in [0.15, 0.2) is 5.96 Å². The summed E-state index contributed by atoms with van der Waals surface area (Å²) in [6.07, 6.45) is 3.81. The Kier molecular flexibility index (Phi) is 11.2. The summed E-state index contributed by atoms with van der Waals surface area (Å²) in [6.45, 7) is 9.79. The van der Waals surface area contributed by atoms with E-state index >= 15 is 0 Å². The van der Waals surface area contributed by atoms with Crippen molar-refractivity contribution in [1.82, 2.24) is 20.4 Å². The summed E-state index contributed by atoms with van der Waals surface area (Å²) in [5.41, 5.74) is 1.21. The molecule has 2 atom stereocenters. The zero-order valence-corrected chi connectivity index (χ0v) is 21.9. The minimum atomic E-state index is 0. The molecule has 8 heteroatoms. The number of hydrogen-bond acceptors (Lipinski definition) is 5. The molecule has 31 heavy (non-hydrogen) atoms. The smallest absolute Gasteiger partial charge is 0.191 e. The molecule has 0 spiro atoms. The highest BCUT2D eigenvalue weighted by molar-refractivity contribution is 14.0.